The SMILES string of the molecule is CCCOCCOc1ccc(C(N)CC)cc1. The number of hydrogen-bond donors (Lipinski definition) is 1. The van der Waals surface area contributed by atoms with Crippen LogP contribution in [0.15, 0.2) is 24.3 Å². The highest BCUT2D eigenvalue weighted by Crippen LogP contribution is 2.18. The van der Waals surface area contributed by atoms with Gasteiger partial charge in [-0.3, -0.25) is 0 Å². The van der Waals surface area contributed by atoms with Crippen LogP contribution in [0.25, 0.3) is 0 Å². The first-order valence-corrected chi connectivity index (χ1v) is 6.34. The summed E-state index contributed by atoms with van der Waals surface area (Å²) in [5, 5.41) is 0. The van der Waals surface area contributed by atoms with Gasteiger partial charge in [0.05, 0.1) is 6.61 Å². The highest BCUT2D eigenvalue weighted by molar-refractivity contribution is 5.28. The van der Waals surface area contributed by atoms with Crippen LogP contribution in [0.4, 0.5) is 0 Å². The van der Waals surface area contributed by atoms with Crippen molar-refractivity contribution in [3.05, 3.63) is 29.8 Å². The predicted molar refractivity (Wildman–Crippen MR) is 70.3 cm³/mol. The third kappa shape index (κ3) is 5.20. The van der Waals surface area contributed by atoms with Crippen molar-refractivity contribution in [1.29, 1.82) is 0 Å². The third-order valence-corrected chi connectivity index (χ3v) is 2.59. The minimum Gasteiger partial charge on any atom is -0.491 e. The Kier molecular flexibility index (Phi) is 6.67. The lowest BCUT2D eigenvalue weighted by Gasteiger charge is -2.11. The van der Waals surface area contributed by atoms with E-state index >= 15 is 0 Å². The summed E-state index contributed by atoms with van der Waals surface area (Å²) in [6.45, 7) is 6.22. The van der Waals surface area contributed by atoms with Crippen LogP contribution in [-0.4, -0.2) is 19.8 Å². The zero-order valence-corrected chi connectivity index (χ0v) is 10.8. The zero-order chi connectivity index (χ0) is 12.5. The molecule has 0 aliphatic carbocycles. The molecule has 3 nitrogen and oxygen atoms in total. The number of rotatable bonds is 8. The average Bonchev–Trinajstić information content (AvgIpc) is 2.38. The monoisotopic (exact) mass is 237 g/mol. The minimum atomic E-state index is 0.122. The molecule has 0 amide bonds. The van der Waals surface area contributed by atoms with E-state index in [1.165, 1.54) is 0 Å². The molecule has 96 valence electrons. The highest BCUT2D eigenvalue weighted by atomic mass is 16.5. The van der Waals surface area contributed by atoms with E-state index in [0.29, 0.717) is 13.2 Å². The smallest absolute Gasteiger partial charge is 0.119 e. The summed E-state index contributed by atoms with van der Waals surface area (Å²) in [6.07, 6.45) is 1.99. The summed E-state index contributed by atoms with van der Waals surface area (Å²) in [5.41, 5.74) is 7.09. The van der Waals surface area contributed by atoms with Crippen molar-refractivity contribution in [3.63, 3.8) is 0 Å². The molecule has 1 rings (SSSR count). The molecule has 0 spiro atoms. The summed E-state index contributed by atoms with van der Waals surface area (Å²) in [6, 6.07) is 8.10. The molecule has 1 aromatic carbocycles. The first-order chi connectivity index (χ1) is 8.27. The normalized spacial score (nSPS) is 12.4. The summed E-state index contributed by atoms with van der Waals surface area (Å²) in [7, 11) is 0. The molecule has 0 heterocycles. The van der Waals surface area contributed by atoms with Gasteiger partial charge in [-0.15, -0.1) is 0 Å². The van der Waals surface area contributed by atoms with Gasteiger partial charge in [0, 0.05) is 12.6 Å². The number of benzene rings is 1. The maximum atomic E-state index is 5.94. The third-order valence-electron chi connectivity index (χ3n) is 2.59. The Morgan fingerprint density at radius 1 is 1.06 bits per heavy atom. The second-order valence-electron chi connectivity index (χ2n) is 4.04. The topological polar surface area (TPSA) is 44.5 Å². The van der Waals surface area contributed by atoms with Crippen LogP contribution in [0.2, 0.25) is 0 Å². The maximum Gasteiger partial charge on any atom is 0.119 e. The van der Waals surface area contributed by atoms with Crippen LogP contribution in [-0.2, 0) is 4.74 Å². The lowest BCUT2D eigenvalue weighted by atomic mass is 10.1. The maximum absolute atomic E-state index is 5.94. The Morgan fingerprint density at radius 3 is 2.35 bits per heavy atom. The van der Waals surface area contributed by atoms with Crippen LogP contribution >= 0.6 is 0 Å². The Labute approximate surface area is 104 Å². The van der Waals surface area contributed by atoms with Gasteiger partial charge in [-0.1, -0.05) is 26.0 Å². The van der Waals surface area contributed by atoms with Gasteiger partial charge in [0.1, 0.15) is 12.4 Å². The summed E-state index contributed by atoms with van der Waals surface area (Å²) < 4.78 is 10.9. The quantitative estimate of drug-likeness (QED) is 0.707. The van der Waals surface area contributed by atoms with Crippen LogP contribution in [0.3, 0.4) is 0 Å². The standard InChI is InChI=1S/C14H23NO2/c1-3-9-16-10-11-17-13-7-5-12(6-8-13)14(15)4-2/h5-8,14H,3-4,9-11,15H2,1-2H3. The van der Waals surface area contributed by atoms with E-state index < -0.39 is 0 Å². The van der Waals surface area contributed by atoms with Crippen LogP contribution < -0.4 is 10.5 Å². The van der Waals surface area contributed by atoms with Crippen molar-refractivity contribution >= 4 is 0 Å². The molecule has 1 unspecified atom stereocenters. The molecule has 0 aliphatic heterocycles. The first-order valence-electron chi connectivity index (χ1n) is 6.34. The second-order valence-corrected chi connectivity index (χ2v) is 4.04. The molecular weight excluding hydrogens is 214 g/mol. The Bertz CT molecular complexity index is 298. The van der Waals surface area contributed by atoms with Crippen LogP contribution in [0, 0.1) is 0 Å². The Morgan fingerprint density at radius 2 is 1.76 bits per heavy atom. The van der Waals surface area contributed by atoms with Gasteiger partial charge in [-0.2, -0.15) is 0 Å². The summed E-state index contributed by atoms with van der Waals surface area (Å²) >= 11 is 0. The van der Waals surface area contributed by atoms with Crippen molar-refractivity contribution in [2.24, 2.45) is 5.73 Å². The van der Waals surface area contributed by atoms with E-state index in [-0.39, 0.29) is 6.04 Å². The fourth-order valence-electron chi connectivity index (χ4n) is 1.51. The van der Waals surface area contributed by atoms with E-state index in [9.17, 15) is 0 Å². The highest BCUT2D eigenvalue weighted by Gasteiger charge is 2.02. The predicted octanol–water partition coefficient (Wildman–Crippen LogP) is 2.90. The molecule has 0 bridgehead atoms. The Hall–Kier alpha value is -1.06. The van der Waals surface area contributed by atoms with Crippen molar-refractivity contribution in [2.75, 3.05) is 19.8 Å². The van der Waals surface area contributed by atoms with Crippen molar-refractivity contribution in [1.82, 2.24) is 0 Å². The number of hydrogen-bond acceptors (Lipinski definition) is 3. The molecular formula is C14H23NO2. The lowest BCUT2D eigenvalue weighted by Crippen LogP contribution is -2.09. The molecule has 2 N–H and O–H groups in total. The van der Waals surface area contributed by atoms with Gasteiger partial charge >= 0.3 is 0 Å². The van der Waals surface area contributed by atoms with E-state index in [1.807, 2.05) is 24.3 Å². The molecule has 0 fully saturated rings. The summed E-state index contributed by atoms with van der Waals surface area (Å²) in [5.74, 6) is 0.872. The molecule has 0 saturated carbocycles. The van der Waals surface area contributed by atoms with Crippen molar-refractivity contribution < 1.29 is 9.47 Å². The largest absolute Gasteiger partial charge is 0.491 e. The average molecular weight is 237 g/mol. The molecule has 0 aromatic heterocycles. The van der Waals surface area contributed by atoms with Gasteiger partial charge in [-0.05, 0) is 30.5 Å². The second kappa shape index (κ2) is 8.09. The van der Waals surface area contributed by atoms with E-state index in [4.69, 9.17) is 15.2 Å². The lowest BCUT2D eigenvalue weighted by molar-refractivity contribution is 0.101. The van der Waals surface area contributed by atoms with Gasteiger partial charge in [0.15, 0.2) is 0 Å². The molecule has 1 atom stereocenters. The molecule has 3 heteroatoms. The molecule has 1 aromatic rings. The zero-order valence-electron chi connectivity index (χ0n) is 10.8. The van der Waals surface area contributed by atoms with Gasteiger partial charge in [-0.25, -0.2) is 0 Å². The van der Waals surface area contributed by atoms with Crippen LogP contribution in [0.5, 0.6) is 5.75 Å². The van der Waals surface area contributed by atoms with Crippen molar-refractivity contribution in [2.45, 2.75) is 32.7 Å². The minimum absolute atomic E-state index is 0.122. The Balaban J connectivity index is 2.30. The molecule has 0 aliphatic rings. The number of ether oxygens (including phenoxy) is 2. The van der Waals surface area contributed by atoms with E-state index in [1.54, 1.807) is 0 Å². The van der Waals surface area contributed by atoms with E-state index in [2.05, 4.69) is 13.8 Å². The summed E-state index contributed by atoms with van der Waals surface area (Å²) in [4.78, 5) is 0. The van der Waals surface area contributed by atoms with Crippen molar-refractivity contribution in [3.8, 4) is 5.75 Å². The van der Waals surface area contributed by atoms with Gasteiger partial charge in [0.25, 0.3) is 0 Å². The first kappa shape index (κ1) is 14.0. The number of nitrogens with two attached hydrogens (primary N) is 1. The van der Waals surface area contributed by atoms with E-state index in [0.717, 1.165) is 30.8 Å². The molecule has 0 radical (unpaired) electrons. The van der Waals surface area contributed by atoms with Crippen LogP contribution in [0.1, 0.15) is 38.3 Å². The van der Waals surface area contributed by atoms with Gasteiger partial charge in [0.2, 0.25) is 0 Å². The fraction of sp³-hybridized carbons (Fsp3) is 0.571. The molecule has 0 saturated heterocycles. The fourth-order valence-corrected chi connectivity index (χ4v) is 1.51. The molecule has 17 heavy (non-hydrogen) atoms. The van der Waals surface area contributed by atoms with Gasteiger partial charge < -0.3 is 15.2 Å².